The SMILES string of the molecule is CCC1(CC)CC(OC)CC(CC)(CC)N1OC(CC1CCCCC1)C(C)=O. The minimum absolute atomic E-state index is 0.0643. The van der Waals surface area contributed by atoms with E-state index in [9.17, 15) is 4.79 Å². The van der Waals surface area contributed by atoms with Gasteiger partial charge in [-0.3, -0.25) is 9.63 Å². The van der Waals surface area contributed by atoms with Gasteiger partial charge in [-0.25, -0.2) is 0 Å². The molecule has 0 aromatic carbocycles. The molecule has 0 amide bonds. The molecule has 28 heavy (non-hydrogen) atoms. The molecular formula is C24H45NO3. The fourth-order valence-corrected chi connectivity index (χ4v) is 5.77. The van der Waals surface area contributed by atoms with E-state index in [1.807, 2.05) is 7.11 Å². The minimum atomic E-state index is -0.308. The number of ketones is 1. The van der Waals surface area contributed by atoms with Crippen molar-refractivity contribution in [3.8, 4) is 0 Å². The molecule has 4 heteroatoms. The van der Waals surface area contributed by atoms with Crippen molar-refractivity contribution in [2.75, 3.05) is 7.11 Å². The first-order valence-electron chi connectivity index (χ1n) is 11.9. The average molecular weight is 396 g/mol. The Morgan fingerprint density at radius 3 is 1.86 bits per heavy atom. The zero-order valence-corrected chi connectivity index (χ0v) is 19.4. The number of nitrogens with zero attached hydrogens (tertiary/aromatic N) is 1. The third-order valence-corrected chi connectivity index (χ3v) is 8.00. The first kappa shape index (κ1) is 23.8. The third-order valence-electron chi connectivity index (χ3n) is 8.00. The maximum Gasteiger partial charge on any atom is 0.160 e. The molecule has 1 aliphatic carbocycles. The zero-order chi connectivity index (χ0) is 20.8. The van der Waals surface area contributed by atoms with Gasteiger partial charge in [-0.05, 0) is 57.8 Å². The van der Waals surface area contributed by atoms with E-state index in [-0.39, 0.29) is 29.1 Å². The van der Waals surface area contributed by atoms with Gasteiger partial charge in [-0.2, -0.15) is 5.06 Å². The molecule has 0 radical (unpaired) electrons. The van der Waals surface area contributed by atoms with E-state index >= 15 is 0 Å². The van der Waals surface area contributed by atoms with Crippen molar-refractivity contribution in [3.05, 3.63) is 0 Å². The Morgan fingerprint density at radius 1 is 0.964 bits per heavy atom. The third kappa shape index (κ3) is 4.99. The summed E-state index contributed by atoms with van der Waals surface area (Å²) in [6.07, 6.45) is 13.3. The lowest BCUT2D eigenvalue weighted by atomic mass is 9.71. The number of carbonyl (C=O) groups is 1. The van der Waals surface area contributed by atoms with Crippen molar-refractivity contribution >= 4 is 5.78 Å². The van der Waals surface area contributed by atoms with Gasteiger partial charge in [0.05, 0.1) is 6.10 Å². The number of hydrogen-bond acceptors (Lipinski definition) is 4. The molecule has 2 rings (SSSR count). The van der Waals surface area contributed by atoms with Gasteiger partial charge in [0.2, 0.25) is 0 Å². The summed E-state index contributed by atoms with van der Waals surface area (Å²) < 4.78 is 5.88. The van der Waals surface area contributed by atoms with Gasteiger partial charge in [0.25, 0.3) is 0 Å². The Balaban J connectivity index is 2.32. The molecule has 0 aromatic heterocycles. The van der Waals surface area contributed by atoms with Crippen LogP contribution >= 0.6 is 0 Å². The molecule has 2 aliphatic rings. The summed E-state index contributed by atoms with van der Waals surface area (Å²) in [4.78, 5) is 19.4. The van der Waals surface area contributed by atoms with Crippen molar-refractivity contribution in [2.24, 2.45) is 5.92 Å². The van der Waals surface area contributed by atoms with Gasteiger partial charge in [0.1, 0.15) is 6.10 Å². The van der Waals surface area contributed by atoms with E-state index < -0.39 is 0 Å². The predicted octanol–water partition coefficient (Wildman–Crippen LogP) is 6.07. The van der Waals surface area contributed by atoms with Gasteiger partial charge in [-0.15, -0.1) is 0 Å². The summed E-state index contributed by atoms with van der Waals surface area (Å²) in [7, 11) is 1.84. The number of carbonyl (C=O) groups excluding carboxylic acids is 1. The van der Waals surface area contributed by atoms with E-state index in [4.69, 9.17) is 9.57 Å². The van der Waals surface area contributed by atoms with Crippen molar-refractivity contribution in [1.82, 2.24) is 5.06 Å². The monoisotopic (exact) mass is 395 g/mol. The van der Waals surface area contributed by atoms with Gasteiger partial charge in [-0.1, -0.05) is 59.8 Å². The zero-order valence-electron chi connectivity index (χ0n) is 19.4. The second-order valence-electron chi connectivity index (χ2n) is 9.37. The quantitative estimate of drug-likeness (QED) is 0.450. The van der Waals surface area contributed by atoms with Crippen LogP contribution in [-0.2, 0) is 14.4 Å². The van der Waals surface area contributed by atoms with E-state index in [1.165, 1.54) is 32.1 Å². The van der Waals surface area contributed by atoms with Crippen LogP contribution in [0, 0.1) is 5.92 Å². The number of ether oxygens (including phenoxy) is 1. The summed E-state index contributed by atoms with van der Waals surface area (Å²) in [5.74, 6) is 0.816. The second kappa shape index (κ2) is 10.5. The van der Waals surface area contributed by atoms with Crippen molar-refractivity contribution in [3.63, 3.8) is 0 Å². The number of hydrogen-bond donors (Lipinski definition) is 0. The molecule has 2 fully saturated rings. The highest BCUT2D eigenvalue weighted by Crippen LogP contribution is 2.47. The number of piperidine rings is 1. The molecule has 0 bridgehead atoms. The Morgan fingerprint density at radius 2 is 1.46 bits per heavy atom. The van der Waals surface area contributed by atoms with Crippen LogP contribution in [0.25, 0.3) is 0 Å². The fraction of sp³-hybridized carbons (Fsp3) is 0.958. The summed E-state index contributed by atoms with van der Waals surface area (Å²) in [5, 5.41) is 2.32. The topological polar surface area (TPSA) is 38.8 Å². The molecule has 164 valence electrons. The standard InChI is InChI=1S/C24H45NO3/c1-7-23(8-2)17-21(27-6)18-24(9-3,10-4)25(23)28-22(19(5)26)16-20-14-12-11-13-15-20/h20-22H,7-18H2,1-6H3. The van der Waals surface area contributed by atoms with Crippen LogP contribution in [0.3, 0.4) is 0 Å². The summed E-state index contributed by atoms with van der Waals surface area (Å²) in [6.45, 7) is 10.8. The molecule has 0 aromatic rings. The van der Waals surface area contributed by atoms with Gasteiger partial charge in [0, 0.05) is 18.2 Å². The maximum atomic E-state index is 12.6. The van der Waals surface area contributed by atoms with Crippen LogP contribution in [0.2, 0.25) is 0 Å². The van der Waals surface area contributed by atoms with Gasteiger partial charge >= 0.3 is 0 Å². The van der Waals surface area contributed by atoms with Crippen LogP contribution in [-0.4, -0.2) is 41.2 Å². The molecule has 1 heterocycles. The maximum absolute atomic E-state index is 12.6. The second-order valence-corrected chi connectivity index (χ2v) is 9.37. The molecular weight excluding hydrogens is 350 g/mol. The molecule has 1 saturated carbocycles. The van der Waals surface area contributed by atoms with Crippen LogP contribution in [0.5, 0.6) is 0 Å². The number of methoxy groups -OCH3 is 1. The molecule has 1 aliphatic heterocycles. The van der Waals surface area contributed by atoms with Gasteiger partial charge in [0.15, 0.2) is 5.78 Å². The van der Waals surface area contributed by atoms with Crippen LogP contribution in [0.15, 0.2) is 0 Å². The lowest BCUT2D eigenvalue weighted by Gasteiger charge is -2.58. The molecule has 0 spiro atoms. The highest BCUT2D eigenvalue weighted by atomic mass is 16.7. The summed E-state index contributed by atoms with van der Waals surface area (Å²) >= 11 is 0. The Hall–Kier alpha value is -0.450. The van der Waals surface area contributed by atoms with E-state index in [0.717, 1.165) is 44.9 Å². The molecule has 1 saturated heterocycles. The van der Waals surface area contributed by atoms with Crippen molar-refractivity contribution < 1.29 is 14.4 Å². The number of hydroxylamine groups is 2. The lowest BCUT2D eigenvalue weighted by molar-refractivity contribution is -0.329. The Bertz CT molecular complexity index is 456. The fourth-order valence-electron chi connectivity index (χ4n) is 5.77. The van der Waals surface area contributed by atoms with E-state index in [0.29, 0.717) is 5.92 Å². The normalized spacial score (nSPS) is 24.9. The van der Waals surface area contributed by atoms with Crippen LogP contribution < -0.4 is 0 Å². The predicted molar refractivity (Wildman–Crippen MR) is 115 cm³/mol. The summed E-state index contributed by atoms with van der Waals surface area (Å²) in [6, 6.07) is 0. The number of Topliss-reactive ketones (excluding diaryl/α,β-unsaturated/α-hetero) is 1. The molecule has 4 nitrogen and oxygen atoms in total. The molecule has 1 atom stereocenters. The Kier molecular flexibility index (Phi) is 8.97. The molecule has 0 N–H and O–H groups in total. The van der Waals surface area contributed by atoms with Crippen molar-refractivity contribution in [2.45, 2.75) is 135 Å². The van der Waals surface area contributed by atoms with Crippen LogP contribution in [0.4, 0.5) is 0 Å². The van der Waals surface area contributed by atoms with E-state index in [2.05, 4.69) is 32.8 Å². The Labute approximate surface area is 173 Å². The lowest BCUT2D eigenvalue weighted by Crippen LogP contribution is -2.66. The van der Waals surface area contributed by atoms with Gasteiger partial charge < -0.3 is 4.74 Å². The minimum Gasteiger partial charge on any atom is -0.381 e. The van der Waals surface area contributed by atoms with Crippen LogP contribution in [0.1, 0.15) is 112 Å². The van der Waals surface area contributed by atoms with E-state index in [1.54, 1.807) is 6.92 Å². The summed E-state index contributed by atoms with van der Waals surface area (Å²) in [5.41, 5.74) is -0.129. The van der Waals surface area contributed by atoms with Crippen molar-refractivity contribution in [1.29, 1.82) is 0 Å². The average Bonchev–Trinajstić information content (AvgIpc) is 2.73. The number of rotatable bonds is 10. The molecule has 1 unspecified atom stereocenters. The smallest absolute Gasteiger partial charge is 0.160 e. The first-order valence-corrected chi connectivity index (χ1v) is 11.9. The highest BCUT2D eigenvalue weighted by Gasteiger charge is 2.53. The largest absolute Gasteiger partial charge is 0.381 e. The highest BCUT2D eigenvalue weighted by molar-refractivity contribution is 5.80. The first-order chi connectivity index (χ1) is 13.4.